The van der Waals surface area contributed by atoms with E-state index in [-0.39, 0.29) is 5.43 Å². The zero-order chi connectivity index (χ0) is 16.4. The predicted octanol–water partition coefficient (Wildman–Crippen LogP) is 3.78. The van der Waals surface area contributed by atoms with Crippen LogP contribution in [0.15, 0.2) is 40.0 Å². The molecule has 1 aromatic carbocycles. The fraction of sp³-hybridized carbons (Fsp3) is 0.333. The number of aromatic amines is 1. The molecule has 0 bridgehead atoms. The Kier molecular flexibility index (Phi) is 4.19. The van der Waals surface area contributed by atoms with Crippen LogP contribution in [0.5, 0.6) is 5.75 Å². The number of hydrogen-bond acceptors (Lipinski definition) is 4. The molecule has 0 saturated heterocycles. The quantitative estimate of drug-likeness (QED) is 0.778. The molecular formula is C18H20N2O3. The Bertz CT molecular complexity index is 864. The van der Waals surface area contributed by atoms with Crippen molar-refractivity contribution in [3.8, 4) is 17.1 Å². The second-order valence-corrected chi connectivity index (χ2v) is 6.06. The summed E-state index contributed by atoms with van der Waals surface area (Å²) in [5, 5.41) is 0.616. The lowest BCUT2D eigenvalue weighted by molar-refractivity contribution is 0.415. The molecule has 2 aromatic heterocycles. The molecule has 5 heteroatoms. The summed E-state index contributed by atoms with van der Waals surface area (Å²) < 4.78 is 10.8. The lowest BCUT2D eigenvalue weighted by Gasteiger charge is -2.10. The molecule has 2 heterocycles. The first-order valence-electron chi connectivity index (χ1n) is 7.71. The van der Waals surface area contributed by atoms with Crippen LogP contribution in [0.3, 0.4) is 0 Å². The molecule has 120 valence electrons. The molecule has 0 amide bonds. The summed E-state index contributed by atoms with van der Waals surface area (Å²) >= 11 is 0. The van der Waals surface area contributed by atoms with E-state index in [2.05, 4.69) is 23.8 Å². The second-order valence-electron chi connectivity index (χ2n) is 6.06. The Morgan fingerprint density at radius 3 is 2.78 bits per heavy atom. The number of rotatable bonds is 5. The lowest BCUT2D eigenvalue weighted by atomic mass is 10.0. The van der Waals surface area contributed by atoms with Gasteiger partial charge < -0.3 is 14.1 Å². The molecule has 0 radical (unpaired) electrons. The molecule has 3 rings (SSSR count). The van der Waals surface area contributed by atoms with Crippen LogP contribution in [0, 0.1) is 5.92 Å². The summed E-state index contributed by atoms with van der Waals surface area (Å²) in [6, 6.07) is 5.31. The summed E-state index contributed by atoms with van der Waals surface area (Å²) in [6.07, 6.45) is 4.86. The SMILES string of the molecule is COc1cc2[nH]c(CCC(C)C)cc(=O)c2cc1-c1cnco1. The molecule has 0 spiro atoms. The molecule has 0 aliphatic carbocycles. The number of hydrogen-bond donors (Lipinski definition) is 1. The number of pyridine rings is 1. The summed E-state index contributed by atoms with van der Waals surface area (Å²) in [7, 11) is 1.60. The third-order valence-corrected chi connectivity index (χ3v) is 3.89. The highest BCUT2D eigenvalue weighted by Gasteiger charge is 2.13. The van der Waals surface area contributed by atoms with Crippen molar-refractivity contribution in [2.24, 2.45) is 5.92 Å². The molecule has 0 atom stereocenters. The van der Waals surface area contributed by atoms with E-state index < -0.39 is 0 Å². The lowest BCUT2D eigenvalue weighted by Crippen LogP contribution is -2.07. The maximum Gasteiger partial charge on any atom is 0.189 e. The van der Waals surface area contributed by atoms with E-state index in [0.717, 1.165) is 29.6 Å². The molecule has 1 N–H and O–H groups in total. The third-order valence-electron chi connectivity index (χ3n) is 3.89. The minimum absolute atomic E-state index is 0.000856. The van der Waals surface area contributed by atoms with Crippen molar-refractivity contribution < 1.29 is 9.15 Å². The number of H-pyrrole nitrogens is 1. The minimum Gasteiger partial charge on any atom is -0.496 e. The highest BCUT2D eigenvalue weighted by Crippen LogP contribution is 2.32. The highest BCUT2D eigenvalue weighted by molar-refractivity contribution is 5.87. The van der Waals surface area contributed by atoms with Crippen LogP contribution < -0.4 is 10.2 Å². The van der Waals surface area contributed by atoms with Gasteiger partial charge in [-0.25, -0.2) is 4.98 Å². The van der Waals surface area contributed by atoms with Crippen molar-refractivity contribution in [2.45, 2.75) is 26.7 Å². The van der Waals surface area contributed by atoms with E-state index >= 15 is 0 Å². The summed E-state index contributed by atoms with van der Waals surface area (Å²) in [4.78, 5) is 19.7. The minimum atomic E-state index is 0.000856. The Balaban J connectivity index is 2.12. The number of fused-ring (bicyclic) bond motifs is 1. The maximum atomic E-state index is 12.5. The monoisotopic (exact) mass is 312 g/mol. The first-order valence-corrected chi connectivity index (χ1v) is 7.71. The molecule has 3 aromatic rings. The van der Waals surface area contributed by atoms with Gasteiger partial charge in [0, 0.05) is 23.2 Å². The van der Waals surface area contributed by atoms with Crippen molar-refractivity contribution in [3.05, 3.63) is 46.7 Å². The van der Waals surface area contributed by atoms with Crippen LogP contribution in [0.4, 0.5) is 0 Å². The van der Waals surface area contributed by atoms with Gasteiger partial charge in [0.15, 0.2) is 17.6 Å². The standard InChI is InChI=1S/C18H20N2O3/c1-11(2)4-5-12-6-16(21)13-7-14(18-9-19-10-23-18)17(22-3)8-15(13)20-12/h6-11H,4-5H2,1-3H3,(H,20,21). The molecule has 0 aliphatic heterocycles. The van der Waals surface area contributed by atoms with Crippen molar-refractivity contribution in [2.75, 3.05) is 7.11 Å². The van der Waals surface area contributed by atoms with Gasteiger partial charge in [0.25, 0.3) is 0 Å². The number of benzene rings is 1. The number of aromatic nitrogens is 2. The summed E-state index contributed by atoms with van der Waals surface area (Å²) in [5.41, 5.74) is 2.45. The van der Waals surface area contributed by atoms with Crippen LogP contribution in [-0.4, -0.2) is 17.1 Å². The zero-order valence-corrected chi connectivity index (χ0v) is 13.6. The third kappa shape index (κ3) is 3.13. The molecule has 5 nitrogen and oxygen atoms in total. The van der Waals surface area contributed by atoms with Gasteiger partial charge >= 0.3 is 0 Å². The molecule has 0 unspecified atom stereocenters. The average Bonchev–Trinajstić information content (AvgIpc) is 3.06. The highest BCUT2D eigenvalue weighted by atomic mass is 16.5. The molecule has 23 heavy (non-hydrogen) atoms. The number of aryl methyl sites for hydroxylation is 1. The first kappa shape index (κ1) is 15.3. The van der Waals surface area contributed by atoms with Gasteiger partial charge in [0.2, 0.25) is 0 Å². The van der Waals surface area contributed by atoms with Crippen LogP contribution >= 0.6 is 0 Å². The number of methoxy groups -OCH3 is 1. The van der Waals surface area contributed by atoms with Crippen molar-refractivity contribution in [3.63, 3.8) is 0 Å². The van der Waals surface area contributed by atoms with Gasteiger partial charge in [-0.05, 0) is 24.8 Å². The van der Waals surface area contributed by atoms with Crippen molar-refractivity contribution in [1.82, 2.24) is 9.97 Å². The number of ether oxygens (including phenoxy) is 1. The Morgan fingerprint density at radius 2 is 2.13 bits per heavy atom. The van der Waals surface area contributed by atoms with Gasteiger partial charge in [-0.2, -0.15) is 0 Å². The van der Waals surface area contributed by atoms with Gasteiger partial charge in [-0.15, -0.1) is 0 Å². The fourth-order valence-electron chi connectivity index (χ4n) is 2.62. The van der Waals surface area contributed by atoms with Crippen LogP contribution in [0.2, 0.25) is 0 Å². The zero-order valence-electron chi connectivity index (χ0n) is 13.6. The second kappa shape index (κ2) is 6.28. The first-order chi connectivity index (χ1) is 11.1. The van der Waals surface area contributed by atoms with E-state index in [1.54, 1.807) is 25.4 Å². The topological polar surface area (TPSA) is 68.1 Å². The molecular weight excluding hydrogens is 292 g/mol. The van der Waals surface area contributed by atoms with E-state index in [9.17, 15) is 4.79 Å². The Labute approximate surface area is 134 Å². The number of nitrogens with zero attached hydrogens (tertiary/aromatic N) is 1. The van der Waals surface area contributed by atoms with Crippen LogP contribution in [-0.2, 0) is 6.42 Å². The van der Waals surface area contributed by atoms with E-state index in [1.807, 2.05) is 6.07 Å². The summed E-state index contributed by atoms with van der Waals surface area (Å²) in [5.74, 6) is 1.82. The van der Waals surface area contributed by atoms with E-state index in [1.165, 1.54) is 6.39 Å². The molecule has 0 fully saturated rings. The number of oxazole rings is 1. The van der Waals surface area contributed by atoms with Crippen LogP contribution in [0.25, 0.3) is 22.2 Å². The Hall–Kier alpha value is -2.56. The van der Waals surface area contributed by atoms with Crippen molar-refractivity contribution in [1.29, 1.82) is 0 Å². The van der Waals surface area contributed by atoms with Crippen LogP contribution in [0.1, 0.15) is 26.0 Å². The smallest absolute Gasteiger partial charge is 0.189 e. The maximum absolute atomic E-state index is 12.5. The van der Waals surface area contributed by atoms with Gasteiger partial charge in [-0.1, -0.05) is 13.8 Å². The van der Waals surface area contributed by atoms with Gasteiger partial charge in [0.1, 0.15) is 5.75 Å². The number of nitrogens with one attached hydrogen (secondary N) is 1. The van der Waals surface area contributed by atoms with Gasteiger partial charge in [-0.3, -0.25) is 4.79 Å². The van der Waals surface area contributed by atoms with E-state index in [4.69, 9.17) is 9.15 Å². The average molecular weight is 312 g/mol. The van der Waals surface area contributed by atoms with Crippen molar-refractivity contribution >= 4 is 10.9 Å². The largest absolute Gasteiger partial charge is 0.496 e. The van der Waals surface area contributed by atoms with E-state index in [0.29, 0.717) is 22.8 Å². The van der Waals surface area contributed by atoms with Gasteiger partial charge in [0.05, 0.1) is 24.4 Å². The molecule has 0 aliphatic rings. The predicted molar refractivity (Wildman–Crippen MR) is 89.8 cm³/mol. The molecule has 0 saturated carbocycles. The summed E-state index contributed by atoms with van der Waals surface area (Å²) in [6.45, 7) is 4.34. The fourth-order valence-corrected chi connectivity index (χ4v) is 2.62. The normalized spacial score (nSPS) is 11.3. The Morgan fingerprint density at radius 1 is 1.30 bits per heavy atom.